The number of nitrogens with one attached hydrogen (secondary N) is 1. The fourth-order valence-corrected chi connectivity index (χ4v) is 5.37. The predicted octanol–water partition coefficient (Wildman–Crippen LogP) is 2.50. The highest BCUT2D eigenvalue weighted by Crippen LogP contribution is 2.37. The zero-order valence-electron chi connectivity index (χ0n) is 18.1. The Hall–Kier alpha value is -2.28. The van der Waals surface area contributed by atoms with E-state index in [9.17, 15) is 9.59 Å². The predicted molar refractivity (Wildman–Crippen MR) is 114 cm³/mol. The zero-order valence-corrected chi connectivity index (χ0v) is 18.1. The largest absolute Gasteiger partial charge is 0.493 e. The van der Waals surface area contributed by atoms with Gasteiger partial charge >= 0.3 is 0 Å². The molecule has 7 heteroatoms. The second kappa shape index (κ2) is 9.25. The summed E-state index contributed by atoms with van der Waals surface area (Å²) in [4.78, 5) is 30.3. The second-order valence-electron chi connectivity index (χ2n) is 8.55. The first-order chi connectivity index (χ1) is 14.6. The smallest absolute Gasteiger partial charge is 0.237 e. The maximum atomic E-state index is 13.3. The number of benzene rings is 1. The molecule has 0 bridgehead atoms. The van der Waals surface area contributed by atoms with Crippen molar-refractivity contribution < 1.29 is 19.1 Å². The summed E-state index contributed by atoms with van der Waals surface area (Å²) >= 11 is 0. The number of rotatable bonds is 6. The molecule has 2 aliphatic heterocycles. The molecule has 1 aromatic rings. The van der Waals surface area contributed by atoms with Gasteiger partial charge in [0.05, 0.1) is 32.7 Å². The third kappa shape index (κ3) is 4.13. The first-order valence-electron chi connectivity index (χ1n) is 11.2. The summed E-state index contributed by atoms with van der Waals surface area (Å²) < 4.78 is 10.8. The molecule has 164 valence electrons. The zero-order chi connectivity index (χ0) is 21.1. The fraction of sp³-hybridized carbons (Fsp3) is 0.652. The number of hydrogen-bond donors (Lipinski definition) is 1. The average Bonchev–Trinajstić information content (AvgIpc) is 3.47. The van der Waals surface area contributed by atoms with Crippen molar-refractivity contribution in [3.05, 3.63) is 23.8 Å². The molecular formula is C23H33N3O4. The molecule has 1 N–H and O–H groups in total. The van der Waals surface area contributed by atoms with Crippen LogP contribution in [0.5, 0.6) is 11.5 Å². The van der Waals surface area contributed by atoms with Crippen LogP contribution in [-0.2, 0) is 9.59 Å². The van der Waals surface area contributed by atoms with Crippen molar-refractivity contribution in [1.29, 1.82) is 0 Å². The molecule has 0 spiro atoms. The molecule has 1 aromatic carbocycles. The minimum Gasteiger partial charge on any atom is -0.493 e. The molecule has 7 nitrogen and oxygen atoms in total. The Kier molecular flexibility index (Phi) is 6.46. The van der Waals surface area contributed by atoms with Crippen molar-refractivity contribution in [3.8, 4) is 11.5 Å². The third-order valence-corrected chi connectivity index (χ3v) is 6.90. The van der Waals surface area contributed by atoms with E-state index in [1.807, 2.05) is 23.1 Å². The SMILES string of the molecule is COc1ccc([C@H]2CCCN2C(=O)C[C@@H]2C(=O)NCCN2C2CCCC2)cc1OC. The van der Waals surface area contributed by atoms with Gasteiger partial charge in [-0.05, 0) is 43.4 Å². The number of carbonyl (C=O) groups excluding carboxylic acids is 2. The molecule has 2 atom stereocenters. The molecule has 3 fully saturated rings. The lowest BCUT2D eigenvalue weighted by Crippen LogP contribution is -2.59. The number of nitrogens with zero attached hydrogens (tertiary/aromatic N) is 2. The lowest BCUT2D eigenvalue weighted by Gasteiger charge is -2.39. The molecule has 2 amide bonds. The number of piperazine rings is 1. The van der Waals surface area contributed by atoms with Crippen molar-refractivity contribution in [2.24, 2.45) is 0 Å². The lowest BCUT2D eigenvalue weighted by molar-refractivity contribution is -0.140. The minimum atomic E-state index is -0.346. The maximum Gasteiger partial charge on any atom is 0.237 e. The van der Waals surface area contributed by atoms with Crippen LogP contribution in [0.3, 0.4) is 0 Å². The van der Waals surface area contributed by atoms with Gasteiger partial charge in [-0.15, -0.1) is 0 Å². The van der Waals surface area contributed by atoms with E-state index < -0.39 is 0 Å². The summed E-state index contributed by atoms with van der Waals surface area (Å²) in [6.07, 6.45) is 6.85. The molecule has 4 rings (SSSR count). The van der Waals surface area contributed by atoms with Crippen LogP contribution < -0.4 is 14.8 Å². The van der Waals surface area contributed by atoms with Crippen LogP contribution in [-0.4, -0.2) is 67.6 Å². The molecule has 0 radical (unpaired) electrons. The van der Waals surface area contributed by atoms with Gasteiger partial charge in [0.15, 0.2) is 11.5 Å². The molecular weight excluding hydrogens is 382 g/mol. The van der Waals surface area contributed by atoms with Crippen LogP contribution in [0.2, 0.25) is 0 Å². The Morgan fingerprint density at radius 1 is 1.07 bits per heavy atom. The normalized spacial score (nSPS) is 25.4. The Balaban J connectivity index is 1.49. The summed E-state index contributed by atoms with van der Waals surface area (Å²) in [5.74, 6) is 1.43. The van der Waals surface area contributed by atoms with Crippen LogP contribution >= 0.6 is 0 Å². The summed E-state index contributed by atoms with van der Waals surface area (Å²) in [6.45, 7) is 2.25. The molecule has 2 heterocycles. The van der Waals surface area contributed by atoms with E-state index >= 15 is 0 Å². The molecule has 2 saturated heterocycles. The van der Waals surface area contributed by atoms with E-state index in [-0.39, 0.29) is 30.3 Å². The van der Waals surface area contributed by atoms with Gasteiger partial charge in [0.2, 0.25) is 11.8 Å². The summed E-state index contributed by atoms with van der Waals surface area (Å²) in [6, 6.07) is 5.98. The van der Waals surface area contributed by atoms with Crippen LogP contribution in [0.25, 0.3) is 0 Å². The minimum absolute atomic E-state index is 0.00311. The maximum absolute atomic E-state index is 13.3. The monoisotopic (exact) mass is 415 g/mol. The second-order valence-corrected chi connectivity index (χ2v) is 8.55. The van der Waals surface area contributed by atoms with Crippen molar-refractivity contribution in [2.75, 3.05) is 33.9 Å². The fourth-order valence-electron chi connectivity index (χ4n) is 5.37. The third-order valence-electron chi connectivity index (χ3n) is 6.90. The quantitative estimate of drug-likeness (QED) is 0.773. The van der Waals surface area contributed by atoms with E-state index in [0.717, 1.165) is 44.3 Å². The Morgan fingerprint density at radius 2 is 1.83 bits per heavy atom. The topological polar surface area (TPSA) is 71.1 Å². The molecule has 0 unspecified atom stereocenters. The van der Waals surface area contributed by atoms with Crippen LogP contribution in [0.15, 0.2) is 18.2 Å². The summed E-state index contributed by atoms with van der Waals surface area (Å²) in [5, 5.41) is 2.97. The number of methoxy groups -OCH3 is 2. The average molecular weight is 416 g/mol. The van der Waals surface area contributed by atoms with E-state index in [1.54, 1.807) is 14.2 Å². The van der Waals surface area contributed by atoms with Crippen LogP contribution in [0, 0.1) is 0 Å². The van der Waals surface area contributed by atoms with E-state index in [2.05, 4.69) is 10.2 Å². The number of carbonyl (C=O) groups is 2. The highest BCUT2D eigenvalue weighted by Gasteiger charge is 2.39. The van der Waals surface area contributed by atoms with Crippen molar-refractivity contribution in [1.82, 2.24) is 15.1 Å². The van der Waals surface area contributed by atoms with Gasteiger partial charge in [-0.3, -0.25) is 14.5 Å². The Morgan fingerprint density at radius 3 is 2.57 bits per heavy atom. The molecule has 1 aliphatic carbocycles. The number of amides is 2. The summed E-state index contributed by atoms with van der Waals surface area (Å²) in [7, 11) is 3.24. The van der Waals surface area contributed by atoms with Gasteiger partial charge in [0, 0.05) is 25.7 Å². The standard InChI is InChI=1S/C23H33N3O4/c1-29-20-10-9-16(14-21(20)30-2)18-8-5-12-26(18)22(27)15-19-23(28)24-11-13-25(19)17-6-3-4-7-17/h9-10,14,17-19H,3-8,11-13,15H2,1-2H3,(H,24,28)/t18-,19-/m1/s1. The first kappa shape index (κ1) is 21.0. The first-order valence-corrected chi connectivity index (χ1v) is 11.2. The Bertz CT molecular complexity index is 778. The van der Waals surface area contributed by atoms with Crippen LogP contribution in [0.4, 0.5) is 0 Å². The van der Waals surface area contributed by atoms with Gasteiger partial charge in [-0.25, -0.2) is 0 Å². The summed E-state index contributed by atoms with van der Waals surface area (Å²) in [5.41, 5.74) is 1.05. The van der Waals surface area contributed by atoms with Gasteiger partial charge < -0.3 is 19.7 Å². The van der Waals surface area contributed by atoms with E-state index in [0.29, 0.717) is 24.1 Å². The van der Waals surface area contributed by atoms with Crippen LogP contribution in [0.1, 0.15) is 56.6 Å². The molecule has 1 saturated carbocycles. The van der Waals surface area contributed by atoms with E-state index in [4.69, 9.17) is 9.47 Å². The number of hydrogen-bond acceptors (Lipinski definition) is 5. The van der Waals surface area contributed by atoms with Crippen molar-refractivity contribution in [3.63, 3.8) is 0 Å². The highest BCUT2D eigenvalue weighted by molar-refractivity contribution is 5.89. The Labute approximate surface area is 178 Å². The molecule has 3 aliphatic rings. The highest BCUT2D eigenvalue weighted by atomic mass is 16.5. The molecule has 30 heavy (non-hydrogen) atoms. The number of likely N-dealkylation sites (tertiary alicyclic amines) is 1. The molecule has 0 aromatic heterocycles. The van der Waals surface area contributed by atoms with Crippen molar-refractivity contribution >= 4 is 11.8 Å². The number of ether oxygens (including phenoxy) is 2. The van der Waals surface area contributed by atoms with Gasteiger partial charge in [0.1, 0.15) is 0 Å². The van der Waals surface area contributed by atoms with E-state index in [1.165, 1.54) is 12.8 Å². The van der Waals surface area contributed by atoms with Crippen molar-refractivity contribution in [2.45, 2.75) is 63.1 Å². The van der Waals surface area contributed by atoms with Gasteiger partial charge in [0.25, 0.3) is 0 Å². The lowest BCUT2D eigenvalue weighted by atomic mass is 10.0. The van der Waals surface area contributed by atoms with Gasteiger partial charge in [-0.2, -0.15) is 0 Å². The van der Waals surface area contributed by atoms with Gasteiger partial charge in [-0.1, -0.05) is 18.9 Å².